The van der Waals surface area contributed by atoms with Crippen LogP contribution in [0.4, 0.5) is 5.88 Å². The fourth-order valence-corrected chi connectivity index (χ4v) is 1.79. The molecule has 0 saturated heterocycles. The van der Waals surface area contributed by atoms with Crippen molar-refractivity contribution in [1.29, 1.82) is 0 Å². The van der Waals surface area contributed by atoms with Crippen molar-refractivity contribution in [3.63, 3.8) is 0 Å². The van der Waals surface area contributed by atoms with Gasteiger partial charge in [0.15, 0.2) is 0 Å². The van der Waals surface area contributed by atoms with Crippen LogP contribution in [0.15, 0.2) is 16.5 Å². The van der Waals surface area contributed by atoms with Gasteiger partial charge in [-0.15, -0.1) is 0 Å². The highest BCUT2D eigenvalue weighted by atomic mass is 16.6. The normalized spacial score (nSPS) is 24.1. The summed E-state index contributed by atoms with van der Waals surface area (Å²) >= 11 is 0. The minimum atomic E-state index is -0.495. The summed E-state index contributed by atoms with van der Waals surface area (Å²) in [6.07, 6.45) is 1.07. The predicted molar refractivity (Wildman–Crippen MR) is 54.8 cm³/mol. The molecular weight excluding hydrogens is 196 g/mol. The van der Waals surface area contributed by atoms with Crippen molar-refractivity contribution in [2.45, 2.75) is 19.3 Å². The van der Waals surface area contributed by atoms with E-state index in [1.165, 1.54) is 6.07 Å². The molecule has 0 spiro atoms. The lowest BCUT2D eigenvalue weighted by Crippen LogP contribution is -2.16. The van der Waals surface area contributed by atoms with Crippen molar-refractivity contribution in [3.8, 4) is 0 Å². The first-order chi connectivity index (χ1) is 7.22. The number of nitrogens with one attached hydrogen (secondary N) is 1. The van der Waals surface area contributed by atoms with E-state index in [4.69, 9.17) is 4.42 Å². The second-order valence-corrected chi connectivity index (χ2v) is 3.84. The first-order valence-electron chi connectivity index (χ1n) is 5.17. The van der Waals surface area contributed by atoms with Crippen LogP contribution in [-0.4, -0.2) is 18.0 Å². The first-order valence-corrected chi connectivity index (χ1v) is 5.17. The second-order valence-electron chi connectivity index (χ2n) is 3.84. The summed E-state index contributed by atoms with van der Waals surface area (Å²) in [6, 6.07) is 3.15. The third-order valence-electron chi connectivity index (χ3n) is 2.74. The summed E-state index contributed by atoms with van der Waals surface area (Å²) in [6.45, 7) is 3.99. The molecule has 1 fully saturated rings. The maximum absolute atomic E-state index is 10.4. The smallest absolute Gasteiger partial charge is 0.406 e. The lowest BCUT2D eigenvalue weighted by molar-refractivity contribution is -0.402. The van der Waals surface area contributed by atoms with Crippen LogP contribution in [0.2, 0.25) is 0 Å². The summed E-state index contributed by atoms with van der Waals surface area (Å²) in [4.78, 5) is 9.92. The zero-order valence-corrected chi connectivity index (χ0v) is 8.60. The molecule has 2 atom stereocenters. The number of hydrogen-bond donors (Lipinski definition) is 1. The monoisotopic (exact) mass is 210 g/mol. The van der Waals surface area contributed by atoms with Gasteiger partial charge in [-0.3, -0.25) is 10.1 Å². The molecule has 82 valence electrons. The molecule has 0 aliphatic heterocycles. The van der Waals surface area contributed by atoms with Crippen LogP contribution in [0.3, 0.4) is 0 Å². The summed E-state index contributed by atoms with van der Waals surface area (Å²) in [5, 5.41) is 13.7. The Morgan fingerprint density at radius 1 is 1.67 bits per heavy atom. The van der Waals surface area contributed by atoms with Gasteiger partial charge in [-0.05, 0) is 31.5 Å². The van der Waals surface area contributed by atoms with Crippen LogP contribution in [0.5, 0.6) is 0 Å². The van der Waals surface area contributed by atoms with Gasteiger partial charge in [0, 0.05) is 5.92 Å². The molecule has 2 rings (SSSR count). The van der Waals surface area contributed by atoms with Crippen molar-refractivity contribution in [2.24, 2.45) is 5.92 Å². The van der Waals surface area contributed by atoms with Gasteiger partial charge in [0.2, 0.25) is 0 Å². The van der Waals surface area contributed by atoms with E-state index in [1.54, 1.807) is 6.07 Å². The minimum Gasteiger partial charge on any atom is -0.406 e. The first kappa shape index (κ1) is 10.2. The van der Waals surface area contributed by atoms with Crippen molar-refractivity contribution >= 4 is 5.88 Å². The Morgan fingerprint density at radius 3 is 3.07 bits per heavy atom. The number of nitrogens with zero attached hydrogens (tertiary/aromatic N) is 1. The fourth-order valence-electron chi connectivity index (χ4n) is 1.79. The van der Waals surface area contributed by atoms with Gasteiger partial charge >= 0.3 is 5.88 Å². The Balaban J connectivity index is 1.92. The highest BCUT2D eigenvalue weighted by Crippen LogP contribution is 2.48. The lowest BCUT2D eigenvalue weighted by atomic mass is 10.2. The molecule has 1 saturated carbocycles. The van der Waals surface area contributed by atoms with Gasteiger partial charge in [-0.1, -0.05) is 6.92 Å². The molecule has 0 bridgehead atoms. The molecule has 0 radical (unpaired) electrons. The number of hydrogen-bond acceptors (Lipinski definition) is 4. The number of rotatable bonds is 5. The minimum absolute atomic E-state index is 0.154. The average Bonchev–Trinajstić information content (AvgIpc) is 2.80. The van der Waals surface area contributed by atoms with Crippen molar-refractivity contribution < 1.29 is 9.34 Å². The molecule has 5 nitrogen and oxygen atoms in total. The van der Waals surface area contributed by atoms with E-state index in [-0.39, 0.29) is 5.88 Å². The van der Waals surface area contributed by atoms with E-state index in [9.17, 15) is 10.1 Å². The van der Waals surface area contributed by atoms with Crippen molar-refractivity contribution in [3.05, 3.63) is 28.0 Å². The molecule has 0 amide bonds. The summed E-state index contributed by atoms with van der Waals surface area (Å²) in [7, 11) is 0. The molecule has 1 heterocycles. The molecule has 2 unspecified atom stereocenters. The maximum atomic E-state index is 10.4. The Kier molecular flexibility index (Phi) is 2.73. The highest BCUT2D eigenvalue weighted by Gasteiger charge is 2.40. The molecule has 1 aromatic rings. The Morgan fingerprint density at radius 2 is 2.47 bits per heavy atom. The van der Waals surface area contributed by atoms with Crippen LogP contribution in [0.25, 0.3) is 0 Å². The topological polar surface area (TPSA) is 68.3 Å². The molecule has 5 heteroatoms. The Labute approximate surface area is 87.6 Å². The van der Waals surface area contributed by atoms with E-state index in [1.807, 2.05) is 0 Å². The third kappa shape index (κ3) is 2.18. The number of furan rings is 1. The van der Waals surface area contributed by atoms with Crippen LogP contribution < -0.4 is 5.32 Å². The molecule has 15 heavy (non-hydrogen) atoms. The molecule has 0 aromatic carbocycles. The quantitative estimate of drug-likeness (QED) is 0.595. The van der Waals surface area contributed by atoms with Gasteiger partial charge in [0.1, 0.15) is 10.7 Å². The van der Waals surface area contributed by atoms with Crippen LogP contribution >= 0.6 is 0 Å². The molecule has 1 N–H and O–H groups in total. The maximum Gasteiger partial charge on any atom is 0.433 e. The summed E-state index contributed by atoms with van der Waals surface area (Å²) in [5.41, 5.74) is 0. The largest absolute Gasteiger partial charge is 0.433 e. The lowest BCUT2D eigenvalue weighted by Gasteiger charge is -1.97. The Bertz CT molecular complexity index is 361. The molecular formula is C10H14N2O3. The Hall–Kier alpha value is -1.36. The zero-order chi connectivity index (χ0) is 10.8. The highest BCUT2D eigenvalue weighted by molar-refractivity contribution is 5.24. The third-order valence-corrected chi connectivity index (χ3v) is 2.74. The summed E-state index contributed by atoms with van der Waals surface area (Å²) < 4.78 is 5.15. The van der Waals surface area contributed by atoms with E-state index < -0.39 is 4.92 Å². The average molecular weight is 210 g/mol. The molecule has 1 aromatic heterocycles. The fraction of sp³-hybridized carbons (Fsp3) is 0.600. The van der Waals surface area contributed by atoms with E-state index in [2.05, 4.69) is 12.2 Å². The zero-order valence-electron chi connectivity index (χ0n) is 8.60. The van der Waals surface area contributed by atoms with Crippen molar-refractivity contribution in [2.75, 3.05) is 13.1 Å². The van der Waals surface area contributed by atoms with Crippen molar-refractivity contribution in [1.82, 2.24) is 5.32 Å². The van der Waals surface area contributed by atoms with Gasteiger partial charge in [-0.2, -0.15) is 0 Å². The van der Waals surface area contributed by atoms with E-state index in [0.29, 0.717) is 11.8 Å². The SMILES string of the molecule is CCNCC1CC1c1ccc([N+](=O)[O-])o1. The van der Waals surface area contributed by atoms with Crippen LogP contribution in [-0.2, 0) is 0 Å². The van der Waals surface area contributed by atoms with E-state index in [0.717, 1.165) is 25.3 Å². The summed E-state index contributed by atoms with van der Waals surface area (Å²) in [5.74, 6) is 1.55. The van der Waals surface area contributed by atoms with Gasteiger partial charge in [-0.25, -0.2) is 0 Å². The van der Waals surface area contributed by atoms with Gasteiger partial charge in [0.25, 0.3) is 0 Å². The molecule has 1 aliphatic carbocycles. The van der Waals surface area contributed by atoms with Gasteiger partial charge < -0.3 is 9.73 Å². The number of nitro groups is 1. The second kappa shape index (κ2) is 4.02. The van der Waals surface area contributed by atoms with Crippen LogP contribution in [0.1, 0.15) is 25.0 Å². The van der Waals surface area contributed by atoms with E-state index >= 15 is 0 Å². The van der Waals surface area contributed by atoms with Crippen LogP contribution in [0, 0.1) is 16.0 Å². The van der Waals surface area contributed by atoms with Gasteiger partial charge in [0.05, 0.1) is 6.07 Å². The molecule has 1 aliphatic rings. The predicted octanol–water partition coefficient (Wildman–Crippen LogP) is 1.90. The standard InChI is InChI=1S/C10H14N2O3/c1-2-11-6-7-5-8(7)9-3-4-10(15-9)12(13)14/h3-4,7-8,11H,2,5-6H2,1H3.